The molecular formula is C15H26N2S. The van der Waals surface area contributed by atoms with Gasteiger partial charge in [0.2, 0.25) is 0 Å². The molecule has 1 unspecified atom stereocenters. The Balaban J connectivity index is 1.90. The molecule has 2 rings (SSSR count). The van der Waals surface area contributed by atoms with Gasteiger partial charge in [0.25, 0.3) is 0 Å². The molecule has 1 aliphatic rings. The van der Waals surface area contributed by atoms with Crippen molar-refractivity contribution in [2.24, 2.45) is 0 Å². The van der Waals surface area contributed by atoms with Gasteiger partial charge in [0, 0.05) is 36.1 Å². The third kappa shape index (κ3) is 3.56. The molecule has 1 aromatic heterocycles. The summed E-state index contributed by atoms with van der Waals surface area (Å²) in [5.41, 5.74) is 0.293. The zero-order chi connectivity index (χ0) is 13.0. The van der Waals surface area contributed by atoms with Gasteiger partial charge in [0.15, 0.2) is 0 Å². The van der Waals surface area contributed by atoms with Gasteiger partial charge in [0.1, 0.15) is 0 Å². The van der Waals surface area contributed by atoms with Crippen molar-refractivity contribution in [2.75, 3.05) is 19.6 Å². The highest BCUT2D eigenvalue weighted by molar-refractivity contribution is 7.09. The molecule has 2 heterocycles. The maximum Gasteiger partial charge on any atom is 0.0278 e. The molecule has 3 heteroatoms. The van der Waals surface area contributed by atoms with Gasteiger partial charge >= 0.3 is 0 Å². The number of hydrogen-bond donors (Lipinski definition) is 1. The minimum Gasteiger partial charge on any atom is -0.311 e. The molecular weight excluding hydrogens is 240 g/mol. The van der Waals surface area contributed by atoms with Crippen LogP contribution in [-0.4, -0.2) is 36.1 Å². The van der Waals surface area contributed by atoms with E-state index in [0.29, 0.717) is 11.6 Å². The standard InChI is InChI=1S/C15H26N2S/c1-4-6-13-11-17(15(2,3)12-16-13)9-8-14-7-5-10-18-14/h5,7,10,13,16H,4,6,8-9,11-12H2,1-3H3. The lowest BCUT2D eigenvalue weighted by atomic mass is 9.95. The number of hydrogen-bond acceptors (Lipinski definition) is 3. The van der Waals surface area contributed by atoms with Crippen LogP contribution in [0.1, 0.15) is 38.5 Å². The van der Waals surface area contributed by atoms with Gasteiger partial charge in [-0.05, 0) is 38.1 Å². The highest BCUT2D eigenvalue weighted by atomic mass is 32.1. The summed E-state index contributed by atoms with van der Waals surface area (Å²) in [5, 5.41) is 5.87. The Morgan fingerprint density at radius 2 is 2.33 bits per heavy atom. The molecule has 1 atom stereocenters. The topological polar surface area (TPSA) is 15.3 Å². The lowest BCUT2D eigenvalue weighted by Gasteiger charge is -2.46. The largest absolute Gasteiger partial charge is 0.311 e. The van der Waals surface area contributed by atoms with Gasteiger partial charge in [-0.2, -0.15) is 0 Å². The summed E-state index contributed by atoms with van der Waals surface area (Å²) in [6.07, 6.45) is 3.77. The van der Waals surface area contributed by atoms with Gasteiger partial charge in [-0.3, -0.25) is 4.90 Å². The van der Waals surface area contributed by atoms with Crippen molar-refractivity contribution in [3.05, 3.63) is 22.4 Å². The number of rotatable bonds is 5. The number of nitrogens with zero attached hydrogens (tertiary/aromatic N) is 1. The summed E-state index contributed by atoms with van der Waals surface area (Å²) in [4.78, 5) is 4.18. The average molecular weight is 266 g/mol. The maximum atomic E-state index is 3.69. The lowest BCUT2D eigenvalue weighted by molar-refractivity contribution is 0.0652. The van der Waals surface area contributed by atoms with Crippen LogP contribution in [0.2, 0.25) is 0 Å². The van der Waals surface area contributed by atoms with Crippen molar-refractivity contribution in [2.45, 2.75) is 51.6 Å². The van der Waals surface area contributed by atoms with Crippen LogP contribution < -0.4 is 5.32 Å². The molecule has 0 bridgehead atoms. The van der Waals surface area contributed by atoms with Crippen molar-refractivity contribution in [3.63, 3.8) is 0 Å². The molecule has 0 radical (unpaired) electrons. The molecule has 18 heavy (non-hydrogen) atoms. The van der Waals surface area contributed by atoms with Gasteiger partial charge in [-0.15, -0.1) is 11.3 Å². The van der Waals surface area contributed by atoms with Gasteiger partial charge < -0.3 is 5.32 Å². The maximum absolute atomic E-state index is 3.69. The summed E-state index contributed by atoms with van der Waals surface area (Å²) >= 11 is 1.88. The molecule has 0 spiro atoms. The van der Waals surface area contributed by atoms with Crippen LogP contribution in [0.25, 0.3) is 0 Å². The quantitative estimate of drug-likeness (QED) is 0.881. The first-order valence-corrected chi connectivity index (χ1v) is 8.00. The lowest BCUT2D eigenvalue weighted by Crippen LogP contribution is -2.62. The molecule has 0 aromatic carbocycles. The zero-order valence-electron chi connectivity index (χ0n) is 11.9. The first kappa shape index (κ1) is 14.0. The highest BCUT2D eigenvalue weighted by Gasteiger charge is 2.32. The van der Waals surface area contributed by atoms with Crippen LogP contribution in [0.5, 0.6) is 0 Å². The van der Waals surface area contributed by atoms with Crippen molar-refractivity contribution < 1.29 is 0 Å². The van der Waals surface area contributed by atoms with Crippen molar-refractivity contribution >= 4 is 11.3 Å². The number of nitrogens with one attached hydrogen (secondary N) is 1. The van der Waals surface area contributed by atoms with Crippen LogP contribution in [0.4, 0.5) is 0 Å². The Hall–Kier alpha value is -0.380. The third-order valence-electron chi connectivity index (χ3n) is 3.97. The van der Waals surface area contributed by atoms with E-state index in [1.54, 1.807) is 0 Å². The number of piperazine rings is 1. The fraction of sp³-hybridized carbons (Fsp3) is 0.733. The van der Waals surface area contributed by atoms with E-state index in [2.05, 4.69) is 48.5 Å². The second-order valence-corrected chi connectivity index (χ2v) is 6.99. The highest BCUT2D eigenvalue weighted by Crippen LogP contribution is 2.21. The summed E-state index contributed by atoms with van der Waals surface area (Å²) < 4.78 is 0. The fourth-order valence-electron chi connectivity index (χ4n) is 2.72. The van der Waals surface area contributed by atoms with Gasteiger partial charge in [-0.1, -0.05) is 19.4 Å². The molecule has 1 aliphatic heterocycles. The molecule has 0 saturated carbocycles. The number of thiophene rings is 1. The summed E-state index contributed by atoms with van der Waals surface area (Å²) in [6, 6.07) is 5.10. The van der Waals surface area contributed by atoms with E-state index in [4.69, 9.17) is 0 Å². The molecule has 2 nitrogen and oxygen atoms in total. The van der Waals surface area contributed by atoms with Crippen LogP contribution in [0, 0.1) is 0 Å². The second-order valence-electron chi connectivity index (χ2n) is 5.95. The smallest absolute Gasteiger partial charge is 0.0278 e. The van der Waals surface area contributed by atoms with Crippen LogP contribution in [0.15, 0.2) is 17.5 Å². The van der Waals surface area contributed by atoms with Crippen molar-refractivity contribution in [1.29, 1.82) is 0 Å². The molecule has 102 valence electrons. The van der Waals surface area contributed by atoms with E-state index < -0.39 is 0 Å². The first-order chi connectivity index (χ1) is 8.62. The predicted octanol–water partition coefficient (Wildman–Crippen LogP) is 3.14. The predicted molar refractivity (Wildman–Crippen MR) is 80.4 cm³/mol. The molecule has 0 amide bonds. The molecule has 1 N–H and O–H groups in total. The summed E-state index contributed by atoms with van der Waals surface area (Å²) in [7, 11) is 0. The van der Waals surface area contributed by atoms with Crippen LogP contribution in [0.3, 0.4) is 0 Å². The Morgan fingerprint density at radius 1 is 1.50 bits per heavy atom. The molecule has 1 aromatic rings. The first-order valence-electron chi connectivity index (χ1n) is 7.12. The van der Waals surface area contributed by atoms with Crippen LogP contribution in [-0.2, 0) is 6.42 Å². The van der Waals surface area contributed by atoms with E-state index in [9.17, 15) is 0 Å². The zero-order valence-corrected chi connectivity index (χ0v) is 12.7. The van der Waals surface area contributed by atoms with Crippen molar-refractivity contribution in [3.8, 4) is 0 Å². The Labute approximate surface area is 115 Å². The molecule has 0 aliphatic carbocycles. The van der Waals surface area contributed by atoms with Crippen LogP contribution >= 0.6 is 11.3 Å². The Bertz CT molecular complexity index is 345. The van der Waals surface area contributed by atoms with E-state index in [-0.39, 0.29) is 0 Å². The van der Waals surface area contributed by atoms with E-state index in [1.165, 1.54) is 37.2 Å². The second kappa shape index (κ2) is 6.18. The molecule has 1 saturated heterocycles. The normalized spacial score (nSPS) is 24.3. The Kier molecular flexibility index (Phi) is 4.82. The fourth-order valence-corrected chi connectivity index (χ4v) is 3.42. The van der Waals surface area contributed by atoms with Crippen molar-refractivity contribution in [1.82, 2.24) is 10.2 Å². The van der Waals surface area contributed by atoms with E-state index in [1.807, 2.05) is 11.3 Å². The van der Waals surface area contributed by atoms with Gasteiger partial charge in [-0.25, -0.2) is 0 Å². The SMILES string of the molecule is CCCC1CN(CCc2cccs2)C(C)(C)CN1. The minimum atomic E-state index is 0.293. The minimum absolute atomic E-state index is 0.293. The molecule has 1 fully saturated rings. The van der Waals surface area contributed by atoms with Gasteiger partial charge in [0.05, 0.1) is 0 Å². The van der Waals surface area contributed by atoms with E-state index in [0.717, 1.165) is 6.54 Å². The third-order valence-corrected chi connectivity index (χ3v) is 4.90. The Morgan fingerprint density at radius 3 is 3.00 bits per heavy atom. The average Bonchev–Trinajstić information content (AvgIpc) is 2.83. The summed E-state index contributed by atoms with van der Waals surface area (Å²) in [6.45, 7) is 10.5. The monoisotopic (exact) mass is 266 g/mol. The summed E-state index contributed by atoms with van der Waals surface area (Å²) in [5.74, 6) is 0. The van der Waals surface area contributed by atoms with E-state index >= 15 is 0 Å².